The second-order valence-corrected chi connectivity index (χ2v) is 9.40. The number of methoxy groups -OCH3 is 1. The van der Waals surface area contributed by atoms with Crippen molar-refractivity contribution in [1.29, 1.82) is 0 Å². The minimum absolute atomic E-state index is 0.175. The lowest BCUT2D eigenvalue weighted by molar-refractivity contribution is -0.113. The first-order valence-electron chi connectivity index (χ1n) is 10.00. The van der Waals surface area contributed by atoms with Crippen LogP contribution >= 0.6 is 23.1 Å². The first kappa shape index (κ1) is 21.8. The van der Waals surface area contributed by atoms with E-state index in [4.69, 9.17) is 4.74 Å². The van der Waals surface area contributed by atoms with E-state index in [0.717, 1.165) is 40.8 Å². The summed E-state index contributed by atoms with van der Waals surface area (Å²) in [6.07, 6.45) is 6.11. The van der Waals surface area contributed by atoms with Crippen molar-refractivity contribution in [2.45, 2.75) is 70.5 Å². The summed E-state index contributed by atoms with van der Waals surface area (Å²) >= 11 is 2.77. The molecule has 0 aliphatic heterocycles. The van der Waals surface area contributed by atoms with Gasteiger partial charge in [-0.25, -0.2) is 4.79 Å². The highest BCUT2D eigenvalue weighted by atomic mass is 32.2. The maximum absolute atomic E-state index is 12.5. The highest BCUT2D eigenvalue weighted by Gasteiger charge is 2.24. The molecule has 0 radical (unpaired) electrons. The summed E-state index contributed by atoms with van der Waals surface area (Å²) in [7, 11) is 1.34. The van der Waals surface area contributed by atoms with Crippen LogP contribution in [0, 0.1) is 13.8 Å². The van der Waals surface area contributed by atoms with E-state index < -0.39 is 5.97 Å². The monoisotopic (exact) mass is 436 g/mol. The fourth-order valence-electron chi connectivity index (χ4n) is 3.72. The van der Waals surface area contributed by atoms with Gasteiger partial charge >= 0.3 is 5.97 Å². The number of nitrogens with one attached hydrogen (secondary N) is 1. The topological polar surface area (TPSA) is 86.1 Å². The lowest BCUT2D eigenvalue weighted by Crippen LogP contribution is -2.17. The lowest BCUT2D eigenvalue weighted by atomic mass is 9.89. The molecule has 0 atom stereocenters. The van der Waals surface area contributed by atoms with Gasteiger partial charge < -0.3 is 14.6 Å². The number of aromatic nitrogens is 3. The molecule has 3 rings (SSSR count). The highest BCUT2D eigenvalue weighted by molar-refractivity contribution is 7.99. The number of amides is 1. The molecule has 1 amide bonds. The number of ether oxygens (including phenoxy) is 1. The summed E-state index contributed by atoms with van der Waals surface area (Å²) in [5, 5.41) is 13.0. The average Bonchev–Trinajstić information content (AvgIpc) is 3.26. The quantitative estimate of drug-likeness (QED) is 0.506. The third kappa shape index (κ3) is 4.83. The zero-order chi connectivity index (χ0) is 21.0. The summed E-state index contributed by atoms with van der Waals surface area (Å²) in [6, 6.07) is 0. The molecule has 158 valence electrons. The molecule has 1 aliphatic rings. The smallest absolute Gasteiger partial charge is 0.341 e. The number of aryl methyl sites for hydroxylation is 1. The molecule has 2 aromatic rings. The summed E-state index contributed by atoms with van der Waals surface area (Å²) < 4.78 is 6.99. The average molecular weight is 437 g/mol. The van der Waals surface area contributed by atoms with Crippen LogP contribution in [0.4, 0.5) is 5.00 Å². The van der Waals surface area contributed by atoms with Gasteiger partial charge in [0.05, 0.1) is 18.4 Å². The molecule has 1 fully saturated rings. The number of esters is 1. The minimum atomic E-state index is -0.433. The summed E-state index contributed by atoms with van der Waals surface area (Å²) in [6.45, 7) is 6.66. The summed E-state index contributed by atoms with van der Waals surface area (Å²) in [4.78, 5) is 25.6. The zero-order valence-electron chi connectivity index (χ0n) is 17.4. The standard InChI is InChI=1S/C20H28N4O3S2/c1-5-24-17(14-9-7-6-8-10-14)22-23-20(24)28-11-15(25)21-18-16(19(26)27-4)12(2)13(3)29-18/h14H,5-11H2,1-4H3,(H,21,25). The van der Waals surface area contributed by atoms with Crippen LogP contribution in [-0.2, 0) is 16.1 Å². The Morgan fingerprint density at radius 3 is 2.62 bits per heavy atom. The largest absolute Gasteiger partial charge is 0.465 e. The van der Waals surface area contributed by atoms with E-state index in [2.05, 4.69) is 27.0 Å². The summed E-state index contributed by atoms with van der Waals surface area (Å²) in [5.41, 5.74) is 1.28. The maximum Gasteiger partial charge on any atom is 0.341 e. The number of hydrogen-bond acceptors (Lipinski definition) is 7. The van der Waals surface area contributed by atoms with E-state index in [-0.39, 0.29) is 11.7 Å². The van der Waals surface area contributed by atoms with Crippen LogP contribution in [0.15, 0.2) is 5.16 Å². The zero-order valence-corrected chi connectivity index (χ0v) is 19.0. The Morgan fingerprint density at radius 1 is 1.24 bits per heavy atom. The number of rotatable bonds is 7. The lowest BCUT2D eigenvalue weighted by Gasteiger charge is -2.21. The van der Waals surface area contributed by atoms with Crippen molar-refractivity contribution in [2.75, 3.05) is 18.2 Å². The molecular weight excluding hydrogens is 408 g/mol. The van der Waals surface area contributed by atoms with E-state index in [0.29, 0.717) is 16.5 Å². The molecule has 0 unspecified atom stereocenters. The predicted molar refractivity (Wildman–Crippen MR) is 116 cm³/mol. The van der Waals surface area contributed by atoms with E-state index >= 15 is 0 Å². The molecule has 0 aromatic carbocycles. The van der Waals surface area contributed by atoms with Crippen LogP contribution in [0.3, 0.4) is 0 Å². The number of thiophene rings is 1. The van der Waals surface area contributed by atoms with Gasteiger partial charge in [0.15, 0.2) is 5.16 Å². The third-order valence-corrected chi connectivity index (χ3v) is 7.48. The molecule has 2 heterocycles. The predicted octanol–water partition coefficient (Wildman–Crippen LogP) is 4.54. The van der Waals surface area contributed by atoms with Crippen molar-refractivity contribution in [2.24, 2.45) is 0 Å². The fraction of sp³-hybridized carbons (Fsp3) is 0.600. The molecule has 1 N–H and O–H groups in total. The van der Waals surface area contributed by atoms with Gasteiger partial charge in [-0.3, -0.25) is 4.79 Å². The summed E-state index contributed by atoms with van der Waals surface area (Å²) in [5.74, 6) is 1.12. The van der Waals surface area contributed by atoms with E-state index in [9.17, 15) is 9.59 Å². The maximum atomic E-state index is 12.5. The Balaban J connectivity index is 1.67. The van der Waals surface area contributed by atoms with Crippen molar-refractivity contribution < 1.29 is 14.3 Å². The van der Waals surface area contributed by atoms with Gasteiger partial charge in [-0.1, -0.05) is 31.0 Å². The molecule has 2 aromatic heterocycles. The van der Waals surface area contributed by atoms with Crippen molar-refractivity contribution in [3.8, 4) is 0 Å². The van der Waals surface area contributed by atoms with E-state index in [1.807, 2.05) is 13.8 Å². The Kier molecular flexibility index (Phi) is 7.34. The first-order chi connectivity index (χ1) is 14.0. The van der Waals surface area contributed by atoms with Gasteiger partial charge in [-0.15, -0.1) is 21.5 Å². The number of nitrogens with zero attached hydrogens (tertiary/aromatic N) is 3. The normalized spacial score (nSPS) is 14.8. The van der Waals surface area contributed by atoms with Crippen LogP contribution in [0.1, 0.15) is 71.6 Å². The number of anilines is 1. The molecule has 29 heavy (non-hydrogen) atoms. The Labute approximate surface area is 179 Å². The number of thioether (sulfide) groups is 1. The number of hydrogen-bond donors (Lipinski definition) is 1. The molecule has 9 heteroatoms. The Bertz CT molecular complexity index is 885. The Hall–Kier alpha value is -1.87. The third-order valence-electron chi connectivity index (χ3n) is 5.39. The van der Waals surface area contributed by atoms with Gasteiger partial charge in [0.2, 0.25) is 5.91 Å². The van der Waals surface area contributed by atoms with Gasteiger partial charge in [-0.05, 0) is 39.2 Å². The molecule has 1 aliphatic carbocycles. The fourth-order valence-corrected chi connectivity index (χ4v) is 5.60. The molecule has 1 saturated carbocycles. The molecule has 0 spiro atoms. The van der Waals surface area contributed by atoms with Gasteiger partial charge in [0.1, 0.15) is 10.8 Å². The van der Waals surface area contributed by atoms with Crippen molar-refractivity contribution >= 4 is 40.0 Å². The van der Waals surface area contributed by atoms with Crippen LogP contribution < -0.4 is 5.32 Å². The number of carbonyl (C=O) groups excluding carboxylic acids is 2. The van der Waals surface area contributed by atoms with Gasteiger partial charge in [0, 0.05) is 17.3 Å². The van der Waals surface area contributed by atoms with Crippen molar-refractivity contribution in [3.05, 3.63) is 21.8 Å². The van der Waals surface area contributed by atoms with E-state index in [1.165, 1.54) is 49.5 Å². The van der Waals surface area contributed by atoms with Crippen molar-refractivity contribution in [1.82, 2.24) is 14.8 Å². The molecule has 0 bridgehead atoms. The van der Waals surface area contributed by atoms with E-state index in [1.54, 1.807) is 0 Å². The first-order valence-corrected chi connectivity index (χ1v) is 11.8. The van der Waals surface area contributed by atoms with Crippen LogP contribution in [0.2, 0.25) is 0 Å². The van der Waals surface area contributed by atoms with Crippen LogP contribution in [0.25, 0.3) is 0 Å². The minimum Gasteiger partial charge on any atom is -0.465 e. The highest BCUT2D eigenvalue weighted by Crippen LogP contribution is 2.34. The molecule has 7 nitrogen and oxygen atoms in total. The second-order valence-electron chi connectivity index (χ2n) is 7.24. The molecular formula is C20H28N4O3S2. The van der Waals surface area contributed by atoms with Crippen molar-refractivity contribution in [3.63, 3.8) is 0 Å². The SMILES string of the molecule is CCn1c(SCC(=O)Nc2sc(C)c(C)c2C(=O)OC)nnc1C1CCCCC1. The number of carbonyl (C=O) groups is 2. The van der Waals surface area contributed by atoms with Gasteiger partial charge in [-0.2, -0.15) is 0 Å². The second kappa shape index (κ2) is 9.75. The van der Waals surface area contributed by atoms with Crippen LogP contribution in [-0.4, -0.2) is 39.5 Å². The Morgan fingerprint density at radius 2 is 1.97 bits per heavy atom. The molecule has 0 saturated heterocycles. The van der Waals surface area contributed by atoms with Crippen LogP contribution in [0.5, 0.6) is 0 Å². The van der Waals surface area contributed by atoms with Gasteiger partial charge in [0.25, 0.3) is 0 Å².